The number of rotatable bonds is 3. The summed E-state index contributed by atoms with van der Waals surface area (Å²) in [5, 5.41) is 30.7. The summed E-state index contributed by atoms with van der Waals surface area (Å²) in [5.74, 6) is 0.0235. The van der Waals surface area contributed by atoms with Gasteiger partial charge in [0.05, 0.1) is 5.52 Å². The van der Waals surface area contributed by atoms with Gasteiger partial charge in [-0.15, -0.1) is 11.7 Å². The first kappa shape index (κ1) is 12.4. The molecule has 0 radical (unpaired) electrons. The molecule has 3 aromatic rings. The Morgan fingerprint density at radius 2 is 1.90 bits per heavy atom. The van der Waals surface area contributed by atoms with Crippen LogP contribution in [-0.2, 0) is 0 Å². The number of aliphatic hydroxyl groups is 1. The molecular weight excluding hydrogens is 254 g/mol. The maximum atomic E-state index is 10.1. The van der Waals surface area contributed by atoms with E-state index in [4.69, 9.17) is 0 Å². The molecule has 0 aliphatic carbocycles. The lowest BCUT2D eigenvalue weighted by Gasteiger charge is -2.14. The molecule has 0 aliphatic rings. The van der Waals surface area contributed by atoms with Crippen LogP contribution in [0.15, 0.2) is 49.1 Å². The Labute approximate surface area is 115 Å². The van der Waals surface area contributed by atoms with E-state index in [0.29, 0.717) is 16.6 Å². The first-order valence-corrected chi connectivity index (χ1v) is 6.15. The van der Waals surface area contributed by atoms with Crippen molar-refractivity contribution < 1.29 is 10.2 Å². The molecular formula is C15H13N3O2. The summed E-state index contributed by atoms with van der Waals surface area (Å²) in [4.78, 5) is 0. The van der Waals surface area contributed by atoms with E-state index in [1.54, 1.807) is 6.07 Å². The van der Waals surface area contributed by atoms with Gasteiger partial charge in [-0.3, -0.25) is 5.10 Å². The Balaban J connectivity index is 2.32. The molecule has 0 spiro atoms. The van der Waals surface area contributed by atoms with Gasteiger partial charge in [0.2, 0.25) is 0 Å². The van der Waals surface area contributed by atoms with Crippen molar-refractivity contribution in [1.82, 2.24) is 15.4 Å². The normalized spacial score (nSPS) is 12.4. The molecule has 0 bridgehead atoms. The number of aliphatic hydroxyl groups excluding tert-OH is 1. The Morgan fingerprint density at radius 3 is 2.70 bits per heavy atom. The average molecular weight is 267 g/mol. The van der Waals surface area contributed by atoms with Crippen molar-refractivity contribution in [2.75, 3.05) is 0 Å². The minimum atomic E-state index is -0.951. The topological polar surface area (TPSA) is 82.0 Å². The van der Waals surface area contributed by atoms with E-state index in [9.17, 15) is 10.2 Å². The SMILES string of the molecule is C=CC(O)c1c(O)cccc1-c1cccc2[nH]nnc12. The van der Waals surface area contributed by atoms with Crippen molar-refractivity contribution >= 4 is 11.0 Å². The van der Waals surface area contributed by atoms with Crippen LogP contribution in [0.2, 0.25) is 0 Å². The van der Waals surface area contributed by atoms with Gasteiger partial charge in [0.15, 0.2) is 0 Å². The van der Waals surface area contributed by atoms with Crippen LogP contribution in [-0.4, -0.2) is 25.6 Å². The lowest BCUT2D eigenvalue weighted by atomic mass is 9.94. The Bertz CT molecular complexity index is 780. The summed E-state index contributed by atoms with van der Waals surface area (Å²) in [6, 6.07) is 10.7. The number of hydrogen-bond donors (Lipinski definition) is 3. The average Bonchev–Trinajstić information content (AvgIpc) is 2.94. The second kappa shape index (κ2) is 4.79. The number of aromatic hydroxyl groups is 1. The minimum absolute atomic E-state index is 0.0235. The van der Waals surface area contributed by atoms with E-state index in [0.717, 1.165) is 11.1 Å². The van der Waals surface area contributed by atoms with Crippen molar-refractivity contribution in [1.29, 1.82) is 0 Å². The van der Waals surface area contributed by atoms with Gasteiger partial charge in [-0.2, -0.15) is 0 Å². The molecule has 20 heavy (non-hydrogen) atoms. The van der Waals surface area contributed by atoms with Crippen molar-refractivity contribution in [3.63, 3.8) is 0 Å². The zero-order valence-electron chi connectivity index (χ0n) is 10.6. The van der Waals surface area contributed by atoms with Crippen LogP contribution in [0.4, 0.5) is 0 Å². The number of benzene rings is 2. The highest BCUT2D eigenvalue weighted by Gasteiger charge is 2.17. The monoisotopic (exact) mass is 267 g/mol. The van der Waals surface area contributed by atoms with Crippen LogP contribution >= 0.6 is 0 Å². The second-order valence-corrected chi connectivity index (χ2v) is 4.43. The van der Waals surface area contributed by atoms with Crippen LogP contribution in [0.25, 0.3) is 22.2 Å². The van der Waals surface area contributed by atoms with Crippen molar-refractivity contribution in [3.8, 4) is 16.9 Å². The Kier molecular flexibility index (Phi) is 2.96. The summed E-state index contributed by atoms with van der Waals surface area (Å²) >= 11 is 0. The van der Waals surface area contributed by atoms with Crippen molar-refractivity contribution in [3.05, 3.63) is 54.6 Å². The number of fused-ring (bicyclic) bond motifs is 1. The molecule has 100 valence electrons. The fraction of sp³-hybridized carbons (Fsp3) is 0.0667. The van der Waals surface area contributed by atoms with Gasteiger partial charge >= 0.3 is 0 Å². The number of aromatic amines is 1. The minimum Gasteiger partial charge on any atom is -0.508 e. The number of H-pyrrole nitrogens is 1. The summed E-state index contributed by atoms with van der Waals surface area (Å²) < 4.78 is 0. The van der Waals surface area contributed by atoms with Gasteiger partial charge in [0, 0.05) is 11.1 Å². The molecule has 1 heterocycles. The highest BCUT2D eigenvalue weighted by Crippen LogP contribution is 2.37. The van der Waals surface area contributed by atoms with Crippen LogP contribution in [0.5, 0.6) is 5.75 Å². The first-order chi connectivity index (χ1) is 9.72. The molecule has 3 rings (SSSR count). The molecule has 0 aliphatic heterocycles. The number of nitrogens with zero attached hydrogens (tertiary/aromatic N) is 2. The molecule has 0 amide bonds. The number of phenolic OH excluding ortho intramolecular Hbond substituents is 1. The smallest absolute Gasteiger partial charge is 0.122 e. The van der Waals surface area contributed by atoms with Crippen molar-refractivity contribution in [2.24, 2.45) is 0 Å². The third-order valence-corrected chi connectivity index (χ3v) is 3.25. The summed E-state index contributed by atoms with van der Waals surface area (Å²) in [5.41, 5.74) is 3.40. The highest BCUT2D eigenvalue weighted by molar-refractivity contribution is 5.92. The summed E-state index contributed by atoms with van der Waals surface area (Å²) in [6.07, 6.45) is 0.426. The predicted octanol–water partition coefficient (Wildman–Crippen LogP) is 2.55. The van der Waals surface area contributed by atoms with E-state index >= 15 is 0 Å². The van der Waals surface area contributed by atoms with Gasteiger partial charge in [-0.25, -0.2) is 0 Å². The van der Waals surface area contributed by atoms with Crippen LogP contribution < -0.4 is 0 Å². The van der Waals surface area contributed by atoms with E-state index in [-0.39, 0.29) is 5.75 Å². The van der Waals surface area contributed by atoms with E-state index < -0.39 is 6.10 Å². The van der Waals surface area contributed by atoms with E-state index in [2.05, 4.69) is 22.0 Å². The fourth-order valence-corrected chi connectivity index (χ4v) is 2.30. The molecule has 1 unspecified atom stereocenters. The van der Waals surface area contributed by atoms with Crippen molar-refractivity contribution in [2.45, 2.75) is 6.10 Å². The third-order valence-electron chi connectivity index (χ3n) is 3.25. The van der Waals surface area contributed by atoms with Gasteiger partial charge in [-0.1, -0.05) is 35.6 Å². The molecule has 2 aromatic carbocycles. The third kappa shape index (κ3) is 1.85. The van der Waals surface area contributed by atoms with Gasteiger partial charge in [-0.05, 0) is 17.7 Å². The molecule has 5 heteroatoms. The summed E-state index contributed by atoms with van der Waals surface area (Å²) in [6.45, 7) is 3.57. The highest BCUT2D eigenvalue weighted by atomic mass is 16.3. The van der Waals surface area contributed by atoms with Gasteiger partial charge in [0.25, 0.3) is 0 Å². The molecule has 0 fully saturated rings. The zero-order chi connectivity index (χ0) is 14.1. The predicted molar refractivity (Wildman–Crippen MR) is 76.1 cm³/mol. The first-order valence-electron chi connectivity index (χ1n) is 6.15. The van der Waals surface area contributed by atoms with Crippen LogP contribution in [0, 0.1) is 0 Å². The number of aromatic nitrogens is 3. The fourth-order valence-electron chi connectivity index (χ4n) is 2.30. The lowest BCUT2D eigenvalue weighted by molar-refractivity contribution is 0.225. The maximum absolute atomic E-state index is 10.1. The lowest BCUT2D eigenvalue weighted by Crippen LogP contribution is -1.97. The molecule has 0 saturated carbocycles. The van der Waals surface area contributed by atoms with Crippen LogP contribution in [0.1, 0.15) is 11.7 Å². The molecule has 1 aromatic heterocycles. The molecule has 1 atom stereocenters. The zero-order valence-corrected chi connectivity index (χ0v) is 10.6. The van der Waals surface area contributed by atoms with Gasteiger partial charge in [0.1, 0.15) is 17.4 Å². The number of phenols is 1. The number of nitrogens with one attached hydrogen (secondary N) is 1. The maximum Gasteiger partial charge on any atom is 0.122 e. The second-order valence-electron chi connectivity index (χ2n) is 4.43. The molecule has 0 saturated heterocycles. The molecule has 3 N–H and O–H groups in total. The van der Waals surface area contributed by atoms with E-state index in [1.807, 2.05) is 24.3 Å². The Morgan fingerprint density at radius 1 is 1.15 bits per heavy atom. The molecule has 5 nitrogen and oxygen atoms in total. The number of hydrogen-bond acceptors (Lipinski definition) is 4. The Hall–Kier alpha value is -2.66. The van der Waals surface area contributed by atoms with Gasteiger partial charge < -0.3 is 10.2 Å². The van der Waals surface area contributed by atoms with E-state index in [1.165, 1.54) is 12.1 Å². The standard InChI is InChI=1S/C15H13N3O2/c1-2-12(19)14-9(5-4-8-13(14)20)10-6-3-7-11-15(10)17-18-16-11/h2-8,12,19-20H,1H2,(H,16,17,18). The quantitative estimate of drug-likeness (QED) is 0.637. The summed E-state index contributed by atoms with van der Waals surface area (Å²) in [7, 11) is 0. The van der Waals surface area contributed by atoms with Crippen LogP contribution in [0.3, 0.4) is 0 Å². The largest absolute Gasteiger partial charge is 0.508 e.